The molecule has 3 nitrogen and oxygen atoms in total. The lowest BCUT2D eigenvalue weighted by Crippen LogP contribution is -2.17. The summed E-state index contributed by atoms with van der Waals surface area (Å²) in [7, 11) is 3.35. The van der Waals surface area contributed by atoms with Gasteiger partial charge in [0.25, 0.3) is 0 Å². The predicted octanol–water partition coefficient (Wildman–Crippen LogP) is 2.15. The second-order valence-electron chi connectivity index (χ2n) is 4.51. The topological polar surface area (TPSA) is 44.5 Å². The van der Waals surface area contributed by atoms with Crippen LogP contribution < -0.4 is 15.2 Å². The van der Waals surface area contributed by atoms with Crippen molar-refractivity contribution in [3.63, 3.8) is 0 Å². The maximum atomic E-state index is 5.90. The van der Waals surface area contributed by atoms with E-state index in [1.807, 2.05) is 6.07 Å². The first kappa shape index (κ1) is 11.3. The molecule has 0 amide bonds. The third kappa shape index (κ3) is 2.14. The molecular formula is C13H19NO2. The van der Waals surface area contributed by atoms with E-state index in [0.29, 0.717) is 11.8 Å². The summed E-state index contributed by atoms with van der Waals surface area (Å²) in [4.78, 5) is 0. The van der Waals surface area contributed by atoms with Crippen molar-refractivity contribution in [2.75, 3.05) is 14.2 Å². The highest BCUT2D eigenvalue weighted by molar-refractivity contribution is 5.42. The van der Waals surface area contributed by atoms with E-state index in [0.717, 1.165) is 11.5 Å². The number of hydrogen-bond acceptors (Lipinski definition) is 3. The van der Waals surface area contributed by atoms with Gasteiger partial charge < -0.3 is 15.2 Å². The zero-order valence-corrected chi connectivity index (χ0v) is 10.1. The van der Waals surface area contributed by atoms with Crippen LogP contribution in [0.3, 0.4) is 0 Å². The number of nitrogens with two attached hydrogens (primary N) is 1. The largest absolute Gasteiger partial charge is 0.497 e. The fraction of sp³-hybridized carbons (Fsp3) is 0.538. The summed E-state index contributed by atoms with van der Waals surface area (Å²) >= 11 is 0. The van der Waals surface area contributed by atoms with E-state index in [2.05, 4.69) is 19.1 Å². The van der Waals surface area contributed by atoms with Crippen molar-refractivity contribution in [3.05, 3.63) is 23.8 Å². The van der Waals surface area contributed by atoms with Crippen LogP contribution >= 0.6 is 0 Å². The average molecular weight is 221 g/mol. The summed E-state index contributed by atoms with van der Waals surface area (Å²) in [6.45, 7) is 2.07. The first-order valence-corrected chi connectivity index (χ1v) is 5.64. The van der Waals surface area contributed by atoms with E-state index in [1.54, 1.807) is 14.2 Å². The van der Waals surface area contributed by atoms with Gasteiger partial charge in [0.2, 0.25) is 0 Å². The minimum absolute atomic E-state index is 0.266. The number of ether oxygens (including phenoxy) is 2. The van der Waals surface area contributed by atoms with Crippen LogP contribution in [0.25, 0.3) is 0 Å². The summed E-state index contributed by atoms with van der Waals surface area (Å²) < 4.78 is 10.5. The Bertz CT molecular complexity index is 354. The summed E-state index contributed by atoms with van der Waals surface area (Å²) in [5.41, 5.74) is 7.18. The molecule has 88 valence electrons. The van der Waals surface area contributed by atoms with Crippen molar-refractivity contribution in [1.29, 1.82) is 0 Å². The molecule has 0 bridgehead atoms. The van der Waals surface area contributed by atoms with Crippen LogP contribution in [-0.4, -0.2) is 20.3 Å². The smallest absolute Gasteiger partial charge is 0.122 e. The van der Waals surface area contributed by atoms with E-state index in [4.69, 9.17) is 15.2 Å². The number of hydrogen-bond donors (Lipinski definition) is 1. The van der Waals surface area contributed by atoms with E-state index < -0.39 is 0 Å². The fourth-order valence-electron chi connectivity index (χ4n) is 2.22. The minimum Gasteiger partial charge on any atom is -0.497 e. The molecular weight excluding hydrogens is 202 g/mol. The maximum Gasteiger partial charge on any atom is 0.122 e. The molecule has 1 fully saturated rings. The van der Waals surface area contributed by atoms with Gasteiger partial charge in [0.05, 0.1) is 14.2 Å². The molecule has 1 aliphatic carbocycles. The van der Waals surface area contributed by atoms with Crippen molar-refractivity contribution in [1.82, 2.24) is 0 Å². The van der Waals surface area contributed by atoms with Gasteiger partial charge in [0.1, 0.15) is 11.5 Å². The molecule has 1 aliphatic rings. The normalized spacial score (nSPS) is 25.0. The molecule has 0 heterocycles. The highest BCUT2D eigenvalue weighted by Crippen LogP contribution is 2.50. The van der Waals surface area contributed by atoms with Crippen molar-refractivity contribution in [2.24, 2.45) is 11.7 Å². The monoisotopic (exact) mass is 221 g/mol. The molecule has 2 N–H and O–H groups in total. The molecule has 1 aromatic carbocycles. The van der Waals surface area contributed by atoms with Crippen molar-refractivity contribution >= 4 is 0 Å². The van der Waals surface area contributed by atoms with Gasteiger partial charge in [-0.05, 0) is 42.9 Å². The second kappa shape index (κ2) is 4.34. The van der Waals surface area contributed by atoms with E-state index in [9.17, 15) is 0 Å². The van der Waals surface area contributed by atoms with Gasteiger partial charge in [-0.1, -0.05) is 0 Å². The van der Waals surface area contributed by atoms with E-state index in [-0.39, 0.29) is 6.04 Å². The van der Waals surface area contributed by atoms with E-state index in [1.165, 1.54) is 12.0 Å². The molecule has 0 aromatic heterocycles. The van der Waals surface area contributed by atoms with E-state index >= 15 is 0 Å². The zero-order valence-electron chi connectivity index (χ0n) is 10.1. The minimum atomic E-state index is 0.266. The lowest BCUT2D eigenvalue weighted by Gasteiger charge is -2.09. The average Bonchev–Trinajstić information content (AvgIpc) is 3.08. The quantitative estimate of drug-likeness (QED) is 0.847. The molecule has 1 aromatic rings. The van der Waals surface area contributed by atoms with Crippen LogP contribution in [-0.2, 0) is 0 Å². The highest BCUT2D eigenvalue weighted by Gasteiger charge is 2.41. The molecule has 2 rings (SSSR count). The Morgan fingerprint density at radius 2 is 1.75 bits per heavy atom. The Kier molecular flexibility index (Phi) is 3.06. The van der Waals surface area contributed by atoms with Crippen LogP contribution in [0.4, 0.5) is 0 Å². The van der Waals surface area contributed by atoms with Gasteiger partial charge in [-0.3, -0.25) is 0 Å². The predicted molar refractivity (Wildman–Crippen MR) is 64.0 cm³/mol. The molecule has 1 saturated carbocycles. The molecule has 3 atom stereocenters. The molecule has 0 radical (unpaired) electrons. The fourth-order valence-corrected chi connectivity index (χ4v) is 2.22. The highest BCUT2D eigenvalue weighted by atomic mass is 16.5. The second-order valence-corrected chi connectivity index (χ2v) is 4.51. The molecule has 3 heteroatoms. The van der Waals surface area contributed by atoms with Gasteiger partial charge >= 0.3 is 0 Å². The maximum absolute atomic E-state index is 5.90. The van der Waals surface area contributed by atoms with Crippen LogP contribution in [0.5, 0.6) is 11.5 Å². The number of methoxy groups -OCH3 is 2. The first-order valence-electron chi connectivity index (χ1n) is 5.64. The Hall–Kier alpha value is -1.22. The standard InChI is InChI=1S/C13H19NO2/c1-8(14)12-7-13(12)9-4-10(15-2)6-11(5-9)16-3/h4-6,8,12-13H,7,14H2,1-3H3/t8-,12+,13-/m0/s1. The van der Waals surface area contributed by atoms with Gasteiger partial charge in [-0.15, -0.1) is 0 Å². The molecule has 0 aliphatic heterocycles. The summed E-state index contributed by atoms with van der Waals surface area (Å²) in [5.74, 6) is 2.88. The zero-order chi connectivity index (χ0) is 11.7. The Labute approximate surface area is 96.5 Å². The SMILES string of the molecule is COc1cc(OC)cc([C@@H]2C[C@@H]2[C@H](C)N)c1. The van der Waals surface area contributed by atoms with Gasteiger partial charge in [-0.25, -0.2) is 0 Å². The molecule has 0 saturated heterocycles. The van der Waals surface area contributed by atoms with Crippen molar-refractivity contribution in [3.8, 4) is 11.5 Å². The van der Waals surface area contributed by atoms with Crippen LogP contribution in [0.15, 0.2) is 18.2 Å². The van der Waals surface area contributed by atoms with Gasteiger partial charge in [0, 0.05) is 12.1 Å². The Morgan fingerprint density at radius 1 is 1.19 bits per heavy atom. The third-order valence-electron chi connectivity index (χ3n) is 3.32. The van der Waals surface area contributed by atoms with Gasteiger partial charge in [0.15, 0.2) is 0 Å². The van der Waals surface area contributed by atoms with Crippen LogP contribution in [0, 0.1) is 5.92 Å². The van der Waals surface area contributed by atoms with Crippen LogP contribution in [0.1, 0.15) is 24.8 Å². The van der Waals surface area contributed by atoms with Crippen LogP contribution in [0.2, 0.25) is 0 Å². The third-order valence-corrected chi connectivity index (χ3v) is 3.32. The molecule has 16 heavy (non-hydrogen) atoms. The molecule has 0 spiro atoms. The lowest BCUT2D eigenvalue weighted by molar-refractivity contribution is 0.393. The summed E-state index contributed by atoms with van der Waals surface area (Å²) in [5, 5.41) is 0. The first-order chi connectivity index (χ1) is 7.65. The van der Waals surface area contributed by atoms with Crippen molar-refractivity contribution in [2.45, 2.75) is 25.3 Å². The van der Waals surface area contributed by atoms with Gasteiger partial charge in [-0.2, -0.15) is 0 Å². The number of rotatable bonds is 4. The Morgan fingerprint density at radius 3 is 2.12 bits per heavy atom. The lowest BCUT2D eigenvalue weighted by atomic mass is 10.1. The Balaban J connectivity index is 2.21. The van der Waals surface area contributed by atoms with Crippen molar-refractivity contribution < 1.29 is 9.47 Å². The summed E-state index contributed by atoms with van der Waals surface area (Å²) in [6.07, 6.45) is 1.17. The molecule has 0 unspecified atom stereocenters. The number of benzene rings is 1. The summed E-state index contributed by atoms with van der Waals surface area (Å²) in [6, 6.07) is 6.32.